The van der Waals surface area contributed by atoms with Crippen LogP contribution in [0.25, 0.3) is 0 Å². The lowest BCUT2D eigenvalue weighted by Gasteiger charge is -2.23. The summed E-state index contributed by atoms with van der Waals surface area (Å²) in [5.41, 5.74) is 1.15. The van der Waals surface area contributed by atoms with Gasteiger partial charge in [0.25, 0.3) is 5.91 Å². The zero-order chi connectivity index (χ0) is 13.0. The molecule has 1 aromatic rings. The number of aryl methyl sites for hydroxylation is 1. The maximum Gasteiger partial charge on any atom is 0.251 e. The first kappa shape index (κ1) is 13.0. The standard InChI is InChI=1S/C14H19FN2O/c1-10-6-11(8-12(15)7-10)14(18)17-9-13-4-2-3-5-16-13/h6-8,13,16H,2-5,9H2,1H3,(H,17,18)/t13-/m0/s1. The van der Waals surface area contributed by atoms with Crippen molar-refractivity contribution in [1.29, 1.82) is 0 Å². The first-order valence-corrected chi connectivity index (χ1v) is 6.44. The Bertz CT molecular complexity index is 408. The van der Waals surface area contributed by atoms with E-state index in [1.54, 1.807) is 13.0 Å². The van der Waals surface area contributed by atoms with Crippen LogP contribution in [-0.4, -0.2) is 25.0 Å². The molecule has 2 N–H and O–H groups in total. The van der Waals surface area contributed by atoms with Gasteiger partial charge in [-0.1, -0.05) is 6.42 Å². The molecule has 2 rings (SSSR count). The Kier molecular flexibility index (Phi) is 4.31. The fourth-order valence-corrected chi connectivity index (χ4v) is 2.28. The molecular weight excluding hydrogens is 231 g/mol. The Morgan fingerprint density at radius 1 is 1.44 bits per heavy atom. The van der Waals surface area contributed by atoms with Crippen LogP contribution in [0.15, 0.2) is 18.2 Å². The quantitative estimate of drug-likeness (QED) is 0.861. The molecule has 0 aliphatic carbocycles. The molecule has 0 bridgehead atoms. The van der Waals surface area contributed by atoms with E-state index in [0.29, 0.717) is 18.2 Å². The second-order valence-electron chi connectivity index (χ2n) is 4.87. The summed E-state index contributed by atoms with van der Waals surface area (Å²) in [6.45, 7) is 3.40. The smallest absolute Gasteiger partial charge is 0.251 e. The van der Waals surface area contributed by atoms with Crippen molar-refractivity contribution in [2.75, 3.05) is 13.1 Å². The van der Waals surface area contributed by atoms with Gasteiger partial charge in [-0.05, 0) is 50.1 Å². The number of carbonyl (C=O) groups excluding carboxylic acids is 1. The lowest BCUT2D eigenvalue weighted by molar-refractivity contribution is 0.0947. The predicted molar refractivity (Wildman–Crippen MR) is 69.1 cm³/mol. The molecule has 4 heteroatoms. The first-order valence-electron chi connectivity index (χ1n) is 6.44. The van der Waals surface area contributed by atoms with E-state index in [0.717, 1.165) is 18.5 Å². The van der Waals surface area contributed by atoms with Gasteiger partial charge in [0.2, 0.25) is 0 Å². The number of hydrogen-bond acceptors (Lipinski definition) is 2. The van der Waals surface area contributed by atoms with E-state index < -0.39 is 0 Å². The molecule has 1 fully saturated rings. The second kappa shape index (κ2) is 5.96. The second-order valence-corrected chi connectivity index (χ2v) is 4.87. The topological polar surface area (TPSA) is 41.1 Å². The third-order valence-corrected chi connectivity index (χ3v) is 3.23. The van der Waals surface area contributed by atoms with Gasteiger partial charge in [-0.15, -0.1) is 0 Å². The number of rotatable bonds is 3. The Balaban J connectivity index is 1.90. The number of carbonyl (C=O) groups is 1. The number of halogens is 1. The average molecular weight is 250 g/mol. The van der Waals surface area contributed by atoms with Gasteiger partial charge in [0.1, 0.15) is 5.82 Å². The van der Waals surface area contributed by atoms with E-state index in [1.807, 2.05) is 0 Å². The van der Waals surface area contributed by atoms with Crippen molar-refractivity contribution in [2.24, 2.45) is 0 Å². The van der Waals surface area contributed by atoms with Gasteiger partial charge < -0.3 is 10.6 Å². The molecule has 0 spiro atoms. The van der Waals surface area contributed by atoms with Gasteiger partial charge in [0.05, 0.1) is 0 Å². The van der Waals surface area contributed by atoms with E-state index in [-0.39, 0.29) is 11.7 Å². The molecule has 18 heavy (non-hydrogen) atoms. The minimum Gasteiger partial charge on any atom is -0.350 e. The monoisotopic (exact) mass is 250 g/mol. The Labute approximate surface area is 107 Å². The number of piperidine rings is 1. The van der Waals surface area contributed by atoms with E-state index in [9.17, 15) is 9.18 Å². The van der Waals surface area contributed by atoms with Gasteiger partial charge in [0, 0.05) is 18.2 Å². The van der Waals surface area contributed by atoms with E-state index >= 15 is 0 Å². The number of amides is 1. The molecule has 98 valence electrons. The average Bonchev–Trinajstić information content (AvgIpc) is 2.36. The summed E-state index contributed by atoms with van der Waals surface area (Å²) in [7, 11) is 0. The van der Waals surface area contributed by atoms with Crippen LogP contribution < -0.4 is 10.6 Å². The highest BCUT2D eigenvalue weighted by Crippen LogP contribution is 2.09. The molecule has 0 unspecified atom stereocenters. The molecule has 1 saturated heterocycles. The molecule has 1 aliphatic heterocycles. The van der Waals surface area contributed by atoms with Crippen LogP contribution in [-0.2, 0) is 0 Å². The molecule has 1 aromatic carbocycles. The van der Waals surface area contributed by atoms with Crippen LogP contribution in [0, 0.1) is 12.7 Å². The maximum absolute atomic E-state index is 13.2. The number of hydrogen-bond donors (Lipinski definition) is 2. The summed E-state index contributed by atoms with van der Waals surface area (Å²) in [4.78, 5) is 11.9. The third kappa shape index (κ3) is 3.53. The SMILES string of the molecule is Cc1cc(F)cc(C(=O)NC[C@@H]2CCCCN2)c1. The summed E-state index contributed by atoms with van der Waals surface area (Å²) in [5.74, 6) is -0.569. The largest absolute Gasteiger partial charge is 0.350 e. The minimum atomic E-state index is -0.365. The van der Waals surface area contributed by atoms with Crippen molar-refractivity contribution in [3.05, 3.63) is 35.1 Å². The predicted octanol–water partition coefficient (Wildman–Crippen LogP) is 2.01. The first-order chi connectivity index (χ1) is 8.65. The van der Waals surface area contributed by atoms with Gasteiger partial charge in [-0.3, -0.25) is 4.79 Å². The molecule has 1 heterocycles. The normalized spacial score (nSPS) is 19.6. The molecule has 1 atom stereocenters. The van der Waals surface area contributed by atoms with Gasteiger partial charge in [0.15, 0.2) is 0 Å². The summed E-state index contributed by atoms with van der Waals surface area (Å²) in [6, 6.07) is 4.74. The van der Waals surface area contributed by atoms with Crippen molar-refractivity contribution in [3.8, 4) is 0 Å². The molecule has 1 amide bonds. The zero-order valence-corrected chi connectivity index (χ0v) is 10.6. The van der Waals surface area contributed by atoms with Crippen LogP contribution in [0.4, 0.5) is 4.39 Å². The van der Waals surface area contributed by atoms with Crippen LogP contribution in [0.1, 0.15) is 35.2 Å². The molecule has 0 aromatic heterocycles. The molecule has 3 nitrogen and oxygen atoms in total. The minimum absolute atomic E-state index is 0.204. The zero-order valence-electron chi connectivity index (χ0n) is 10.6. The van der Waals surface area contributed by atoms with Crippen molar-refractivity contribution in [1.82, 2.24) is 10.6 Å². The summed E-state index contributed by atoms with van der Waals surface area (Å²) in [5, 5.41) is 6.21. The van der Waals surface area contributed by atoms with E-state index in [4.69, 9.17) is 0 Å². The van der Waals surface area contributed by atoms with Gasteiger partial charge >= 0.3 is 0 Å². The van der Waals surface area contributed by atoms with Crippen molar-refractivity contribution in [2.45, 2.75) is 32.2 Å². The van der Waals surface area contributed by atoms with Crippen molar-refractivity contribution < 1.29 is 9.18 Å². The van der Waals surface area contributed by atoms with Crippen molar-refractivity contribution >= 4 is 5.91 Å². The van der Waals surface area contributed by atoms with E-state index in [2.05, 4.69) is 10.6 Å². The van der Waals surface area contributed by atoms with Crippen LogP contribution in [0.5, 0.6) is 0 Å². The molecule has 0 radical (unpaired) electrons. The van der Waals surface area contributed by atoms with Gasteiger partial charge in [-0.2, -0.15) is 0 Å². The summed E-state index contributed by atoms with van der Waals surface area (Å²) in [6.07, 6.45) is 3.49. The Morgan fingerprint density at radius 2 is 2.28 bits per heavy atom. The highest BCUT2D eigenvalue weighted by Gasteiger charge is 2.14. The van der Waals surface area contributed by atoms with E-state index in [1.165, 1.54) is 25.0 Å². The molecule has 0 saturated carbocycles. The van der Waals surface area contributed by atoms with Crippen LogP contribution in [0.2, 0.25) is 0 Å². The Morgan fingerprint density at radius 3 is 2.94 bits per heavy atom. The Hall–Kier alpha value is -1.42. The van der Waals surface area contributed by atoms with Crippen LogP contribution in [0.3, 0.4) is 0 Å². The fraction of sp³-hybridized carbons (Fsp3) is 0.500. The molecule has 1 aliphatic rings. The highest BCUT2D eigenvalue weighted by molar-refractivity contribution is 5.94. The van der Waals surface area contributed by atoms with Crippen molar-refractivity contribution in [3.63, 3.8) is 0 Å². The molecular formula is C14H19FN2O. The third-order valence-electron chi connectivity index (χ3n) is 3.23. The van der Waals surface area contributed by atoms with Gasteiger partial charge in [-0.25, -0.2) is 4.39 Å². The lowest BCUT2D eigenvalue weighted by Crippen LogP contribution is -2.43. The highest BCUT2D eigenvalue weighted by atomic mass is 19.1. The maximum atomic E-state index is 13.2. The summed E-state index contributed by atoms with van der Waals surface area (Å²) < 4.78 is 13.2. The fourth-order valence-electron chi connectivity index (χ4n) is 2.28. The van der Waals surface area contributed by atoms with Crippen LogP contribution >= 0.6 is 0 Å². The summed E-state index contributed by atoms with van der Waals surface area (Å²) >= 11 is 0. The lowest BCUT2D eigenvalue weighted by atomic mass is 10.0. The number of benzene rings is 1. The number of nitrogens with one attached hydrogen (secondary N) is 2.